The summed E-state index contributed by atoms with van der Waals surface area (Å²) in [6.45, 7) is 5.59. The van der Waals surface area contributed by atoms with Crippen molar-refractivity contribution < 1.29 is 9.53 Å². The van der Waals surface area contributed by atoms with E-state index in [0.29, 0.717) is 26.2 Å². The number of amides is 1. The zero-order chi connectivity index (χ0) is 14.8. The lowest BCUT2D eigenvalue weighted by Gasteiger charge is -2.18. The second kappa shape index (κ2) is 10.6. The number of carbonyl (C=O) groups is 1. The standard InChI is InChI=1S/C16H26N2O2.ClH/c1-16(2,17)13-18-15(19)9-6-11-20-12-10-14-7-4-3-5-8-14;/h3-5,7-8H,6,9-13,17H2,1-2H3,(H,18,19);1H. The first-order valence-corrected chi connectivity index (χ1v) is 7.15. The molecule has 120 valence electrons. The lowest BCUT2D eigenvalue weighted by Crippen LogP contribution is -2.45. The van der Waals surface area contributed by atoms with Crippen molar-refractivity contribution in [1.82, 2.24) is 5.32 Å². The molecule has 0 spiro atoms. The van der Waals surface area contributed by atoms with E-state index < -0.39 is 0 Å². The van der Waals surface area contributed by atoms with Crippen molar-refractivity contribution in [2.45, 2.75) is 38.6 Å². The van der Waals surface area contributed by atoms with E-state index >= 15 is 0 Å². The van der Waals surface area contributed by atoms with Crippen LogP contribution in [0.1, 0.15) is 32.3 Å². The molecule has 1 aromatic carbocycles. The molecule has 0 saturated heterocycles. The fourth-order valence-electron chi connectivity index (χ4n) is 1.69. The third kappa shape index (κ3) is 11.3. The molecule has 0 bridgehead atoms. The van der Waals surface area contributed by atoms with Crippen molar-refractivity contribution in [2.75, 3.05) is 19.8 Å². The summed E-state index contributed by atoms with van der Waals surface area (Å²) in [5, 5.41) is 2.82. The predicted octanol–water partition coefficient (Wildman–Crippen LogP) is 2.30. The van der Waals surface area contributed by atoms with Crippen LogP contribution in [0.5, 0.6) is 0 Å². The van der Waals surface area contributed by atoms with Gasteiger partial charge in [0.05, 0.1) is 6.61 Å². The Bertz CT molecular complexity index is 391. The number of benzene rings is 1. The molecule has 0 radical (unpaired) electrons. The molecule has 0 aliphatic heterocycles. The molecule has 0 aliphatic rings. The molecule has 5 heteroatoms. The van der Waals surface area contributed by atoms with Crippen LogP contribution in [0, 0.1) is 0 Å². The zero-order valence-electron chi connectivity index (χ0n) is 12.9. The number of ether oxygens (including phenoxy) is 1. The molecule has 1 aromatic rings. The van der Waals surface area contributed by atoms with Gasteiger partial charge in [0.25, 0.3) is 0 Å². The van der Waals surface area contributed by atoms with E-state index in [1.807, 2.05) is 32.0 Å². The molecule has 0 saturated carbocycles. The van der Waals surface area contributed by atoms with Crippen LogP contribution < -0.4 is 11.1 Å². The maximum atomic E-state index is 11.5. The SMILES string of the molecule is CC(C)(N)CNC(=O)CCCOCCc1ccccc1.Cl. The molecular weight excluding hydrogens is 288 g/mol. The Hall–Kier alpha value is -1.10. The van der Waals surface area contributed by atoms with Gasteiger partial charge in [-0.1, -0.05) is 30.3 Å². The summed E-state index contributed by atoms with van der Waals surface area (Å²) in [7, 11) is 0. The number of hydrogen-bond donors (Lipinski definition) is 2. The van der Waals surface area contributed by atoms with E-state index in [4.69, 9.17) is 10.5 Å². The molecule has 0 aliphatic carbocycles. The van der Waals surface area contributed by atoms with Crippen molar-refractivity contribution >= 4 is 18.3 Å². The third-order valence-corrected chi connectivity index (χ3v) is 2.81. The second-order valence-corrected chi connectivity index (χ2v) is 5.72. The highest BCUT2D eigenvalue weighted by atomic mass is 35.5. The maximum Gasteiger partial charge on any atom is 0.220 e. The molecule has 3 N–H and O–H groups in total. The van der Waals surface area contributed by atoms with Crippen molar-refractivity contribution in [3.8, 4) is 0 Å². The molecular formula is C16H27ClN2O2. The normalized spacial score (nSPS) is 10.8. The number of nitrogens with one attached hydrogen (secondary N) is 1. The van der Waals surface area contributed by atoms with Gasteiger partial charge in [-0.25, -0.2) is 0 Å². The zero-order valence-corrected chi connectivity index (χ0v) is 13.7. The van der Waals surface area contributed by atoms with Crippen LogP contribution in [0.25, 0.3) is 0 Å². The Morgan fingerprint density at radius 2 is 1.90 bits per heavy atom. The first-order valence-electron chi connectivity index (χ1n) is 7.15. The number of nitrogens with two attached hydrogens (primary N) is 1. The molecule has 1 amide bonds. The van der Waals surface area contributed by atoms with E-state index in [1.54, 1.807) is 0 Å². The Balaban J connectivity index is 0.00000400. The lowest BCUT2D eigenvalue weighted by atomic mass is 10.1. The quantitative estimate of drug-likeness (QED) is 0.687. The minimum absolute atomic E-state index is 0. The summed E-state index contributed by atoms with van der Waals surface area (Å²) in [5.41, 5.74) is 6.71. The van der Waals surface area contributed by atoms with Gasteiger partial charge in [0.15, 0.2) is 0 Å². The smallest absolute Gasteiger partial charge is 0.220 e. The summed E-state index contributed by atoms with van der Waals surface area (Å²) >= 11 is 0. The van der Waals surface area contributed by atoms with E-state index in [2.05, 4.69) is 17.4 Å². The van der Waals surface area contributed by atoms with Crippen LogP contribution in [-0.2, 0) is 16.0 Å². The van der Waals surface area contributed by atoms with Crippen molar-refractivity contribution in [2.24, 2.45) is 5.73 Å². The van der Waals surface area contributed by atoms with Crippen LogP contribution in [0.2, 0.25) is 0 Å². The number of carbonyl (C=O) groups excluding carboxylic acids is 1. The van der Waals surface area contributed by atoms with Gasteiger partial charge in [-0.3, -0.25) is 4.79 Å². The maximum absolute atomic E-state index is 11.5. The van der Waals surface area contributed by atoms with Gasteiger partial charge in [-0.15, -0.1) is 12.4 Å². The summed E-state index contributed by atoms with van der Waals surface area (Å²) < 4.78 is 5.53. The van der Waals surface area contributed by atoms with Crippen LogP contribution in [-0.4, -0.2) is 31.2 Å². The average Bonchev–Trinajstić information content (AvgIpc) is 2.41. The van der Waals surface area contributed by atoms with Gasteiger partial charge in [0.2, 0.25) is 5.91 Å². The molecule has 0 aromatic heterocycles. The van der Waals surface area contributed by atoms with E-state index in [1.165, 1.54) is 5.56 Å². The fraction of sp³-hybridized carbons (Fsp3) is 0.562. The molecule has 0 atom stereocenters. The Labute approximate surface area is 133 Å². The first kappa shape index (κ1) is 19.9. The van der Waals surface area contributed by atoms with Crippen LogP contribution in [0.3, 0.4) is 0 Å². The number of rotatable bonds is 9. The minimum Gasteiger partial charge on any atom is -0.381 e. The summed E-state index contributed by atoms with van der Waals surface area (Å²) in [4.78, 5) is 11.5. The van der Waals surface area contributed by atoms with Gasteiger partial charge in [0.1, 0.15) is 0 Å². The van der Waals surface area contributed by atoms with Crippen LogP contribution in [0.4, 0.5) is 0 Å². The van der Waals surface area contributed by atoms with Crippen LogP contribution >= 0.6 is 12.4 Å². The molecule has 0 unspecified atom stereocenters. The second-order valence-electron chi connectivity index (χ2n) is 5.72. The number of halogens is 1. The van der Waals surface area contributed by atoms with Crippen LogP contribution in [0.15, 0.2) is 30.3 Å². The number of hydrogen-bond acceptors (Lipinski definition) is 3. The van der Waals surface area contributed by atoms with Gasteiger partial charge < -0.3 is 15.8 Å². The van der Waals surface area contributed by atoms with Crippen molar-refractivity contribution in [1.29, 1.82) is 0 Å². The average molecular weight is 315 g/mol. The van der Waals surface area contributed by atoms with Gasteiger partial charge in [-0.2, -0.15) is 0 Å². The Kier molecular flexibility index (Phi) is 10.0. The summed E-state index contributed by atoms with van der Waals surface area (Å²) in [6.07, 6.45) is 2.14. The molecule has 1 rings (SSSR count). The van der Waals surface area contributed by atoms with E-state index in [9.17, 15) is 4.79 Å². The fourth-order valence-corrected chi connectivity index (χ4v) is 1.69. The summed E-state index contributed by atoms with van der Waals surface area (Å²) in [5.74, 6) is 0.0372. The highest BCUT2D eigenvalue weighted by molar-refractivity contribution is 5.85. The molecule has 0 heterocycles. The first-order chi connectivity index (χ1) is 9.47. The third-order valence-electron chi connectivity index (χ3n) is 2.81. The predicted molar refractivity (Wildman–Crippen MR) is 88.7 cm³/mol. The highest BCUT2D eigenvalue weighted by Crippen LogP contribution is 2.00. The molecule has 21 heavy (non-hydrogen) atoms. The molecule has 0 fully saturated rings. The van der Waals surface area contributed by atoms with Crippen molar-refractivity contribution in [3.63, 3.8) is 0 Å². The molecule has 4 nitrogen and oxygen atoms in total. The van der Waals surface area contributed by atoms with Crippen molar-refractivity contribution in [3.05, 3.63) is 35.9 Å². The van der Waals surface area contributed by atoms with Gasteiger partial charge in [0, 0.05) is 25.1 Å². The largest absolute Gasteiger partial charge is 0.381 e. The topological polar surface area (TPSA) is 64.3 Å². The monoisotopic (exact) mass is 314 g/mol. The Morgan fingerprint density at radius 3 is 2.52 bits per heavy atom. The highest BCUT2D eigenvalue weighted by Gasteiger charge is 2.11. The summed E-state index contributed by atoms with van der Waals surface area (Å²) in [6, 6.07) is 10.2. The van der Waals surface area contributed by atoms with Gasteiger partial charge >= 0.3 is 0 Å². The minimum atomic E-state index is -0.359. The lowest BCUT2D eigenvalue weighted by molar-refractivity contribution is -0.121. The van der Waals surface area contributed by atoms with E-state index in [0.717, 1.165) is 12.8 Å². The Morgan fingerprint density at radius 1 is 1.24 bits per heavy atom. The van der Waals surface area contributed by atoms with E-state index in [-0.39, 0.29) is 23.9 Å². The van der Waals surface area contributed by atoms with Gasteiger partial charge in [-0.05, 0) is 32.3 Å².